The Hall–Kier alpha value is -3.45. The number of benzene rings is 1. The Morgan fingerprint density at radius 2 is 2.07 bits per heavy atom. The van der Waals surface area contributed by atoms with Crippen molar-refractivity contribution >= 4 is 10.9 Å². The number of aromatic nitrogens is 4. The van der Waals surface area contributed by atoms with Gasteiger partial charge >= 0.3 is 0 Å². The van der Waals surface area contributed by atoms with E-state index in [2.05, 4.69) is 24.8 Å². The maximum atomic E-state index is 12.8. The van der Waals surface area contributed by atoms with E-state index in [9.17, 15) is 4.79 Å². The molecule has 0 saturated carbocycles. The summed E-state index contributed by atoms with van der Waals surface area (Å²) in [5.74, 6) is 0.768. The number of nitrogens with zero attached hydrogens (tertiary/aromatic N) is 3. The molecule has 0 spiro atoms. The molecule has 5 rings (SSSR count). The fourth-order valence-corrected chi connectivity index (χ4v) is 4.10. The number of imidazole rings is 1. The van der Waals surface area contributed by atoms with Gasteiger partial charge in [-0.15, -0.1) is 0 Å². The summed E-state index contributed by atoms with van der Waals surface area (Å²) < 4.78 is 5.33. The van der Waals surface area contributed by atoms with E-state index in [-0.39, 0.29) is 11.6 Å². The van der Waals surface area contributed by atoms with E-state index in [0.717, 1.165) is 52.1 Å². The lowest BCUT2D eigenvalue weighted by atomic mass is 9.96. The lowest BCUT2D eigenvalue weighted by molar-refractivity contribution is 0.199. The summed E-state index contributed by atoms with van der Waals surface area (Å²) in [4.78, 5) is 30.0. The van der Waals surface area contributed by atoms with Gasteiger partial charge in [0.1, 0.15) is 5.75 Å². The Labute approximate surface area is 167 Å². The zero-order valence-corrected chi connectivity index (χ0v) is 16.1. The van der Waals surface area contributed by atoms with Gasteiger partial charge in [-0.05, 0) is 42.0 Å². The molecular weight excluding hydrogens is 366 g/mol. The topological polar surface area (TPSA) is 86.9 Å². The maximum absolute atomic E-state index is 12.8. The molecule has 7 heteroatoms. The minimum atomic E-state index is -0.0658. The molecule has 0 amide bonds. The lowest BCUT2D eigenvalue weighted by Gasteiger charge is -2.35. The second kappa shape index (κ2) is 7.18. The van der Waals surface area contributed by atoms with Crippen molar-refractivity contribution in [2.75, 3.05) is 13.7 Å². The first kappa shape index (κ1) is 17.6. The van der Waals surface area contributed by atoms with Gasteiger partial charge in [0.15, 0.2) is 0 Å². The quantitative estimate of drug-likeness (QED) is 0.562. The number of rotatable bonds is 4. The predicted octanol–water partition coefficient (Wildman–Crippen LogP) is 2.80. The van der Waals surface area contributed by atoms with Crippen LogP contribution in [0.3, 0.4) is 0 Å². The summed E-state index contributed by atoms with van der Waals surface area (Å²) in [6.45, 7) is 1.36. The van der Waals surface area contributed by atoms with Crippen molar-refractivity contribution in [3.8, 4) is 5.75 Å². The van der Waals surface area contributed by atoms with Crippen LogP contribution in [-0.4, -0.2) is 38.5 Å². The van der Waals surface area contributed by atoms with Gasteiger partial charge in [-0.1, -0.05) is 0 Å². The van der Waals surface area contributed by atoms with Crippen LogP contribution >= 0.6 is 0 Å². The number of nitrogens with one attached hydrogen (secondary N) is 2. The van der Waals surface area contributed by atoms with Crippen molar-refractivity contribution in [3.63, 3.8) is 0 Å². The van der Waals surface area contributed by atoms with Crippen LogP contribution in [0.5, 0.6) is 5.75 Å². The summed E-state index contributed by atoms with van der Waals surface area (Å²) in [7, 11) is 1.64. The van der Waals surface area contributed by atoms with Crippen molar-refractivity contribution in [1.29, 1.82) is 0 Å². The second-order valence-corrected chi connectivity index (χ2v) is 7.25. The average Bonchev–Trinajstić information content (AvgIpc) is 3.23. The molecule has 0 unspecified atom stereocenters. The molecule has 1 aliphatic rings. The first-order valence-corrected chi connectivity index (χ1v) is 9.59. The van der Waals surface area contributed by atoms with Crippen molar-refractivity contribution < 1.29 is 4.74 Å². The second-order valence-electron chi connectivity index (χ2n) is 7.25. The van der Waals surface area contributed by atoms with E-state index in [1.807, 2.05) is 36.4 Å². The van der Waals surface area contributed by atoms with Crippen LogP contribution in [-0.2, 0) is 13.0 Å². The van der Waals surface area contributed by atoms with Gasteiger partial charge in [0.2, 0.25) is 0 Å². The number of aromatic amines is 2. The number of H-pyrrole nitrogens is 2. The van der Waals surface area contributed by atoms with Gasteiger partial charge in [-0.3, -0.25) is 14.7 Å². The number of ether oxygens (including phenoxy) is 1. The first-order chi connectivity index (χ1) is 14.2. The van der Waals surface area contributed by atoms with Crippen LogP contribution in [0.25, 0.3) is 10.9 Å². The molecular formula is C22H21N5O2. The minimum absolute atomic E-state index is 0.0200. The monoisotopic (exact) mass is 387 g/mol. The molecule has 0 bridgehead atoms. The van der Waals surface area contributed by atoms with Gasteiger partial charge in [-0.25, -0.2) is 4.98 Å². The largest absolute Gasteiger partial charge is 0.497 e. The van der Waals surface area contributed by atoms with Crippen LogP contribution in [0.4, 0.5) is 0 Å². The van der Waals surface area contributed by atoms with Gasteiger partial charge in [0, 0.05) is 54.1 Å². The van der Waals surface area contributed by atoms with E-state index < -0.39 is 0 Å². The average molecular weight is 387 g/mol. The van der Waals surface area contributed by atoms with Gasteiger partial charge in [0.25, 0.3) is 5.56 Å². The summed E-state index contributed by atoms with van der Waals surface area (Å²) in [6, 6.07) is 11.6. The van der Waals surface area contributed by atoms with Crippen LogP contribution in [0.2, 0.25) is 0 Å². The van der Waals surface area contributed by atoms with Crippen molar-refractivity contribution in [2.45, 2.75) is 19.0 Å². The molecule has 0 radical (unpaired) electrons. The fraction of sp³-hybridized carbons (Fsp3) is 0.227. The molecule has 29 heavy (non-hydrogen) atoms. The Morgan fingerprint density at radius 3 is 2.90 bits per heavy atom. The van der Waals surface area contributed by atoms with E-state index >= 15 is 0 Å². The third-order valence-electron chi connectivity index (χ3n) is 5.55. The van der Waals surface area contributed by atoms with E-state index in [1.165, 1.54) is 0 Å². The van der Waals surface area contributed by atoms with E-state index in [1.54, 1.807) is 25.8 Å². The number of hydrogen-bond donors (Lipinski definition) is 2. The Morgan fingerprint density at radius 1 is 1.21 bits per heavy atom. The summed E-state index contributed by atoms with van der Waals surface area (Å²) >= 11 is 0. The zero-order valence-electron chi connectivity index (χ0n) is 16.1. The smallest absolute Gasteiger partial charge is 0.252 e. The Balaban J connectivity index is 1.55. The van der Waals surface area contributed by atoms with Crippen LogP contribution < -0.4 is 10.3 Å². The van der Waals surface area contributed by atoms with Gasteiger partial charge in [0.05, 0.1) is 25.2 Å². The van der Waals surface area contributed by atoms with Crippen LogP contribution in [0.1, 0.15) is 28.6 Å². The highest BCUT2D eigenvalue weighted by Crippen LogP contribution is 2.34. The Kier molecular flexibility index (Phi) is 4.37. The van der Waals surface area contributed by atoms with Crippen LogP contribution in [0, 0.1) is 0 Å². The molecule has 4 heterocycles. The van der Waals surface area contributed by atoms with Crippen LogP contribution in [0.15, 0.2) is 59.9 Å². The summed E-state index contributed by atoms with van der Waals surface area (Å²) in [5, 5.41) is 0.955. The van der Waals surface area contributed by atoms with E-state index in [0.29, 0.717) is 6.54 Å². The number of hydrogen-bond acceptors (Lipinski definition) is 5. The lowest BCUT2D eigenvalue weighted by Crippen LogP contribution is -2.37. The highest BCUT2D eigenvalue weighted by molar-refractivity contribution is 5.80. The molecule has 1 aromatic carbocycles. The highest BCUT2D eigenvalue weighted by Gasteiger charge is 2.31. The van der Waals surface area contributed by atoms with Gasteiger partial charge in [-0.2, -0.15) is 0 Å². The molecule has 0 aliphatic carbocycles. The number of pyridine rings is 2. The molecule has 7 nitrogen and oxygen atoms in total. The summed E-state index contributed by atoms with van der Waals surface area (Å²) in [6.07, 6.45) is 6.21. The van der Waals surface area contributed by atoms with Gasteiger partial charge < -0.3 is 14.7 Å². The molecule has 146 valence electrons. The van der Waals surface area contributed by atoms with Crippen molar-refractivity contribution in [3.05, 3.63) is 88.0 Å². The third-order valence-corrected chi connectivity index (χ3v) is 5.55. The minimum Gasteiger partial charge on any atom is -0.497 e. The predicted molar refractivity (Wildman–Crippen MR) is 110 cm³/mol. The number of methoxy groups -OCH3 is 1. The molecule has 1 aliphatic heterocycles. The molecule has 4 aromatic rings. The molecule has 2 N–H and O–H groups in total. The van der Waals surface area contributed by atoms with E-state index in [4.69, 9.17) is 4.74 Å². The molecule has 0 fully saturated rings. The molecule has 0 saturated heterocycles. The summed E-state index contributed by atoms with van der Waals surface area (Å²) in [5.41, 5.74) is 4.75. The first-order valence-electron chi connectivity index (χ1n) is 9.59. The zero-order chi connectivity index (χ0) is 19.8. The standard InChI is InChI=1S/C22H21N5O2/c1-29-17-2-3-18-15(11-17)10-16(22(28)26-18)12-27-9-6-19-20(25-13-24-19)21(27)14-4-7-23-8-5-14/h2-5,7-8,10-11,13,21H,6,9,12H2,1H3,(H,24,25)(H,26,28)/t21-/m1/s1. The van der Waals surface area contributed by atoms with Crippen molar-refractivity contribution in [1.82, 2.24) is 24.8 Å². The fourth-order valence-electron chi connectivity index (χ4n) is 4.10. The normalized spacial score (nSPS) is 16.7. The molecule has 1 atom stereocenters. The SMILES string of the molecule is COc1ccc2[nH]c(=O)c(CN3CCc4[nH]cnc4[C@H]3c3ccncc3)cc2c1. The highest BCUT2D eigenvalue weighted by atomic mass is 16.5. The molecule has 3 aromatic heterocycles. The van der Waals surface area contributed by atoms with Crippen molar-refractivity contribution in [2.24, 2.45) is 0 Å². The number of fused-ring (bicyclic) bond motifs is 2. The Bertz CT molecular complexity index is 1210. The maximum Gasteiger partial charge on any atom is 0.252 e. The third kappa shape index (κ3) is 3.19.